The molecule has 1 aromatic rings. The quantitative estimate of drug-likeness (QED) is 0.690. The molecule has 1 N–H and O–H groups in total. The molecule has 1 aliphatic rings. The van der Waals surface area contributed by atoms with Gasteiger partial charge >= 0.3 is 0 Å². The first kappa shape index (κ1) is 8.31. The van der Waals surface area contributed by atoms with Crippen molar-refractivity contribution in [1.82, 2.24) is 5.32 Å². The number of hydrogen-bond acceptors (Lipinski definition) is 1. The summed E-state index contributed by atoms with van der Waals surface area (Å²) < 4.78 is 12.6. The Balaban J connectivity index is 2.22. The van der Waals surface area contributed by atoms with E-state index in [-0.39, 0.29) is 11.9 Å². The molecular weight excluding hydrogens is 187 g/mol. The zero-order valence-electron chi connectivity index (χ0n) is 6.70. The summed E-state index contributed by atoms with van der Waals surface area (Å²) in [5, 5.41) is 3.46. The van der Waals surface area contributed by atoms with Gasteiger partial charge in [-0.1, -0.05) is 12.1 Å². The van der Waals surface area contributed by atoms with Gasteiger partial charge in [-0.3, -0.25) is 0 Å². The Hall–Kier alpha value is -1.29. The summed E-state index contributed by atoms with van der Waals surface area (Å²) in [6.07, 6.45) is 1.72. The second kappa shape index (κ2) is 3.22. The monoisotopic (exact) mass is 194 g/mol. The van der Waals surface area contributed by atoms with E-state index in [9.17, 15) is 4.39 Å². The molecule has 0 aromatic heterocycles. The highest BCUT2D eigenvalue weighted by molar-refractivity contribution is 7.80. The molecule has 66 valence electrons. The molecular formula is C9H7FN2S. The SMILES string of the molecule is Fc1ccc(C2C=NC(=S)N2)cc1. The number of nitrogens with one attached hydrogen (secondary N) is 1. The smallest absolute Gasteiger partial charge is 0.193 e. The number of hydrogen-bond donors (Lipinski definition) is 1. The van der Waals surface area contributed by atoms with Gasteiger partial charge in [0.05, 0.1) is 6.04 Å². The van der Waals surface area contributed by atoms with Crippen LogP contribution in [-0.2, 0) is 0 Å². The number of halogens is 1. The summed E-state index contributed by atoms with van der Waals surface area (Å²) in [7, 11) is 0. The Morgan fingerprint density at radius 3 is 2.54 bits per heavy atom. The highest BCUT2D eigenvalue weighted by Crippen LogP contribution is 2.14. The van der Waals surface area contributed by atoms with Gasteiger partial charge in [-0.05, 0) is 29.9 Å². The van der Waals surface area contributed by atoms with Crippen molar-refractivity contribution in [3.63, 3.8) is 0 Å². The van der Waals surface area contributed by atoms with Gasteiger partial charge in [0, 0.05) is 6.21 Å². The van der Waals surface area contributed by atoms with Crippen molar-refractivity contribution in [3.8, 4) is 0 Å². The molecule has 0 fully saturated rings. The molecule has 0 spiro atoms. The average Bonchev–Trinajstić information content (AvgIpc) is 2.53. The summed E-state index contributed by atoms with van der Waals surface area (Å²) in [6.45, 7) is 0. The van der Waals surface area contributed by atoms with E-state index in [0.717, 1.165) is 5.56 Å². The fraction of sp³-hybridized carbons (Fsp3) is 0.111. The summed E-state index contributed by atoms with van der Waals surface area (Å²) in [5.74, 6) is -0.235. The highest BCUT2D eigenvalue weighted by Gasteiger charge is 2.14. The van der Waals surface area contributed by atoms with Crippen molar-refractivity contribution in [2.24, 2.45) is 4.99 Å². The van der Waals surface area contributed by atoms with Gasteiger partial charge < -0.3 is 5.32 Å². The molecule has 1 unspecified atom stereocenters. The fourth-order valence-corrected chi connectivity index (χ4v) is 1.38. The van der Waals surface area contributed by atoms with E-state index in [1.807, 2.05) is 0 Å². The van der Waals surface area contributed by atoms with Crippen molar-refractivity contribution in [2.45, 2.75) is 6.04 Å². The summed E-state index contributed by atoms with van der Waals surface area (Å²) in [5.41, 5.74) is 0.963. The fourth-order valence-electron chi connectivity index (χ4n) is 1.19. The zero-order chi connectivity index (χ0) is 9.26. The third-order valence-corrected chi connectivity index (χ3v) is 2.07. The van der Waals surface area contributed by atoms with Gasteiger partial charge in [0.25, 0.3) is 0 Å². The lowest BCUT2D eigenvalue weighted by Crippen LogP contribution is -2.19. The zero-order valence-corrected chi connectivity index (χ0v) is 7.51. The molecule has 13 heavy (non-hydrogen) atoms. The van der Waals surface area contributed by atoms with Crippen LogP contribution in [0.4, 0.5) is 4.39 Å². The van der Waals surface area contributed by atoms with Crippen LogP contribution in [-0.4, -0.2) is 11.3 Å². The lowest BCUT2D eigenvalue weighted by atomic mass is 10.1. The first-order chi connectivity index (χ1) is 6.25. The van der Waals surface area contributed by atoms with Crippen LogP contribution in [0, 0.1) is 5.82 Å². The maximum absolute atomic E-state index is 12.6. The highest BCUT2D eigenvalue weighted by atomic mass is 32.1. The third kappa shape index (κ3) is 1.72. The average molecular weight is 194 g/mol. The number of nitrogens with zero attached hydrogens (tertiary/aromatic N) is 1. The van der Waals surface area contributed by atoms with Crippen molar-refractivity contribution >= 4 is 23.5 Å². The Morgan fingerprint density at radius 2 is 2.00 bits per heavy atom. The molecule has 1 aromatic carbocycles. The van der Waals surface area contributed by atoms with Crippen molar-refractivity contribution in [1.29, 1.82) is 0 Å². The van der Waals surface area contributed by atoms with Crippen LogP contribution in [0.1, 0.15) is 11.6 Å². The topological polar surface area (TPSA) is 24.4 Å². The third-order valence-electron chi connectivity index (χ3n) is 1.85. The van der Waals surface area contributed by atoms with Gasteiger partial charge in [-0.2, -0.15) is 0 Å². The van der Waals surface area contributed by atoms with E-state index in [0.29, 0.717) is 5.11 Å². The molecule has 2 nitrogen and oxygen atoms in total. The molecule has 0 bridgehead atoms. The first-order valence-corrected chi connectivity index (χ1v) is 4.27. The van der Waals surface area contributed by atoms with Crippen LogP contribution >= 0.6 is 12.2 Å². The standard InChI is InChI=1S/C9H7FN2S/c10-7-3-1-6(2-4-7)8-5-11-9(13)12-8/h1-5,8H,(H,12,13). The first-order valence-electron chi connectivity index (χ1n) is 3.86. The van der Waals surface area contributed by atoms with Crippen molar-refractivity contribution in [2.75, 3.05) is 0 Å². The molecule has 2 rings (SSSR count). The maximum atomic E-state index is 12.6. The van der Waals surface area contributed by atoms with Crippen LogP contribution in [0.5, 0.6) is 0 Å². The number of benzene rings is 1. The maximum Gasteiger partial charge on any atom is 0.193 e. The minimum Gasteiger partial charge on any atom is -0.349 e. The van der Waals surface area contributed by atoms with E-state index in [2.05, 4.69) is 10.3 Å². The summed E-state index contributed by atoms with van der Waals surface area (Å²) >= 11 is 4.84. The Bertz CT molecular complexity index is 358. The Kier molecular flexibility index (Phi) is 2.06. The normalized spacial score (nSPS) is 20.4. The summed E-state index contributed by atoms with van der Waals surface area (Å²) in [4.78, 5) is 3.92. The van der Waals surface area contributed by atoms with Crippen molar-refractivity contribution in [3.05, 3.63) is 35.6 Å². The van der Waals surface area contributed by atoms with Crippen LogP contribution in [0.2, 0.25) is 0 Å². The van der Waals surface area contributed by atoms with Crippen LogP contribution in [0.3, 0.4) is 0 Å². The largest absolute Gasteiger partial charge is 0.349 e. The number of thiocarbonyl (C=S) groups is 1. The molecule has 0 saturated carbocycles. The number of aliphatic imine (C=N–C) groups is 1. The molecule has 0 aliphatic carbocycles. The predicted molar refractivity (Wildman–Crippen MR) is 53.4 cm³/mol. The van der Waals surface area contributed by atoms with E-state index >= 15 is 0 Å². The second-order valence-electron chi connectivity index (χ2n) is 2.76. The van der Waals surface area contributed by atoms with Gasteiger partial charge in [-0.15, -0.1) is 0 Å². The van der Waals surface area contributed by atoms with Crippen LogP contribution < -0.4 is 5.32 Å². The minimum absolute atomic E-state index is 0.00639. The van der Waals surface area contributed by atoms with Crippen LogP contribution in [0.15, 0.2) is 29.3 Å². The molecule has 0 radical (unpaired) electrons. The van der Waals surface area contributed by atoms with Crippen molar-refractivity contribution < 1.29 is 4.39 Å². The predicted octanol–water partition coefficient (Wildman–Crippen LogP) is 1.83. The lowest BCUT2D eigenvalue weighted by molar-refractivity contribution is 0.626. The van der Waals surface area contributed by atoms with E-state index < -0.39 is 0 Å². The van der Waals surface area contributed by atoms with Gasteiger partial charge in [-0.25, -0.2) is 9.38 Å². The molecule has 0 amide bonds. The summed E-state index contributed by atoms with van der Waals surface area (Å²) in [6, 6.07) is 6.27. The van der Waals surface area contributed by atoms with E-state index in [4.69, 9.17) is 12.2 Å². The van der Waals surface area contributed by atoms with Gasteiger partial charge in [0.2, 0.25) is 0 Å². The molecule has 1 aliphatic heterocycles. The molecule has 1 heterocycles. The minimum atomic E-state index is -0.235. The number of rotatable bonds is 1. The van der Waals surface area contributed by atoms with E-state index in [1.54, 1.807) is 18.3 Å². The molecule has 4 heteroatoms. The molecule has 1 atom stereocenters. The van der Waals surface area contributed by atoms with E-state index in [1.165, 1.54) is 12.1 Å². The van der Waals surface area contributed by atoms with Gasteiger partial charge in [0.15, 0.2) is 5.11 Å². The van der Waals surface area contributed by atoms with Crippen LogP contribution in [0.25, 0.3) is 0 Å². The second-order valence-corrected chi connectivity index (χ2v) is 3.14. The Labute approximate surface area is 80.5 Å². The van der Waals surface area contributed by atoms with Gasteiger partial charge in [0.1, 0.15) is 5.82 Å². The molecule has 0 saturated heterocycles. The lowest BCUT2D eigenvalue weighted by Gasteiger charge is -2.07. The Morgan fingerprint density at radius 1 is 1.31 bits per heavy atom.